The van der Waals surface area contributed by atoms with Gasteiger partial charge in [0.2, 0.25) is 0 Å². The minimum Gasteiger partial charge on any atom is -0.497 e. The molecule has 0 saturated heterocycles. The van der Waals surface area contributed by atoms with Gasteiger partial charge < -0.3 is 10.1 Å². The lowest BCUT2D eigenvalue weighted by Crippen LogP contribution is -2.30. The zero-order chi connectivity index (χ0) is 14.4. The number of rotatable bonds is 6. The molecule has 0 spiro atoms. The molecule has 0 saturated carbocycles. The molecule has 1 N–H and O–H groups in total. The summed E-state index contributed by atoms with van der Waals surface area (Å²) in [6, 6.07) is 17.1. The van der Waals surface area contributed by atoms with Crippen molar-refractivity contribution in [1.29, 1.82) is 0 Å². The standard InChI is InChI=1S/C17H20BrNO/c1-19-15(10-13-6-4-3-5-7-13)11-14-12-16(20-2)8-9-17(14)18/h3-9,12,15,19H,10-11H2,1-2H3. The number of benzene rings is 2. The number of ether oxygens (including phenoxy) is 1. The highest BCUT2D eigenvalue weighted by atomic mass is 79.9. The van der Waals surface area contributed by atoms with Crippen molar-refractivity contribution in [2.45, 2.75) is 18.9 Å². The fourth-order valence-electron chi connectivity index (χ4n) is 2.27. The van der Waals surface area contributed by atoms with Gasteiger partial charge in [-0.05, 0) is 49.2 Å². The lowest BCUT2D eigenvalue weighted by molar-refractivity contribution is 0.413. The number of hydrogen-bond donors (Lipinski definition) is 1. The van der Waals surface area contributed by atoms with Gasteiger partial charge in [0.1, 0.15) is 5.75 Å². The highest BCUT2D eigenvalue weighted by Gasteiger charge is 2.11. The molecule has 3 heteroatoms. The molecule has 0 heterocycles. The third kappa shape index (κ3) is 4.09. The van der Waals surface area contributed by atoms with E-state index in [2.05, 4.69) is 57.6 Å². The van der Waals surface area contributed by atoms with E-state index >= 15 is 0 Å². The highest BCUT2D eigenvalue weighted by molar-refractivity contribution is 9.10. The molecule has 2 aromatic rings. The zero-order valence-corrected chi connectivity index (χ0v) is 13.5. The lowest BCUT2D eigenvalue weighted by atomic mass is 9.99. The Morgan fingerprint density at radius 2 is 1.85 bits per heavy atom. The fourth-order valence-corrected chi connectivity index (χ4v) is 2.68. The Balaban J connectivity index is 2.10. The monoisotopic (exact) mass is 333 g/mol. The second kappa shape index (κ2) is 7.46. The summed E-state index contributed by atoms with van der Waals surface area (Å²) in [5.74, 6) is 0.901. The molecule has 106 valence electrons. The number of halogens is 1. The predicted octanol–water partition coefficient (Wildman–Crippen LogP) is 3.83. The minimum atomic E-state index is 0.404. The van der Waals surface area contributed by atoms with Crippen LogP contribution in [-0.2, 0) is 12.8 Å². The topological polar surface area (TPSA) is 21.3 Å². The van der Waals surface area contributed by atoms with Gasteiger partial charge in [0.15, 0.2) is 0 Å². The van der Waals surface area contributed by atoms with Crippen LogP contribution in [0.3, 0.4) is 0 Å². The fraction of sp³-hybridized carbons (Fsp3) is 0.294. The summed E-state index contributed by atoms with van der Waals surface area (Å²) in [7, 11) is 3.72. The van der Waals surface area contributed by atoms with Gasteiger partial charge >= 0.3 is 0 Å². The van der Waals surface area contributed by atoms with E-state index in [-0.39, 0.29) is 0 Å². The molecule has 0 amide bonds. The maximum atomic E-state index is 5.30. The second-order valence-electron chi connectivity index (χ2n) is 4.84. The predicted molar refractivity (Wildman–Crippen MR) is 87.4 cm³/mol. The Hall–Kier alpha value is -1.32. The van der Waals surface area contributed by atoms with E-state index in [9.17, 15) is 0 Å². The van der Waals surface area contributed by atoms with Crippen LogP contribution in [0, 0.1) is 0 Å². The Bertz CT molecular complexity index is 542. The lowest BCUT2D eigenvalue weighted by Gasteiger charge is -2.18. The number of hydrogen-bond acceptors (Lipinski definition) is 2. The van der Waals surface area contributed by atoms with E-state index in [0.717, 1.165) is 23.1 Å². The van der Waals surface area contributed by atoms with Crippen LogP contribution in [0.15, 0.2) is 53.0 Å². The number of nitrogens with one attached hydrogen (secondary N) is 1. The maximum Gasteiger partial charge on any atom is 0.119 e. The molecule has 0 fully saturated rings. The van der Waals surface area contributed by atoms with Gasteiger partial charge in [0, 0.05) is 10.5 Å². The Morgan fingerprint density at radius 1 is 1.10 bits per heavy atom. The van der Waals surface area contributed by atoms with E-state index in [1.54, 1.807) is 7.11 Å². The van der Waals surface area contributed by atoms with Crippen molar-refractivity contribution in [2.75, 3.05) is 14.2 Å². The van der Waals surface area contributed by atoms with Crippen LogP contribution in [0.4, 0.5) is 0 Å². The van der Waals surface area contributed by atoms with Crippen molar-refractivity contribution >= 4 is 15.9 Å². The van der Waals surface area contributed by atoms with Crippen molar-refractivity contribution in [3.8, 4) is 5.75 Å². The van der Waals surface area contributed by atoms with E-state index < -0.39 is 0 Å². The molecule has 2 aromatic carbocycles. The summed E-state index contributed by atoms with van der Waals surface area (Å²) in [6.07, 6.45) is 1.98. The van der Waals surface area contributed by atoms with Gasteiger partial charge in [-0.3, -0.25) is 0 Å². The third-order valence-electron chi connectivity index (χ3n) is 3.45. The summed E-state index contributed by atoms with van der Waals surface area (Å²) in [5.41, 5.74) is 2.62. The molecule has 20 heavy (non-hydrogen) atoms. The normalized spacial score (nSPS) is 12.2. The average Bonchev–Trinajstić information content (AvgIpc) is 2.49. The molecule has 1 atom stereocenters. The SMILES string of the molecule is CNC(Cc1ccccc1)Cc1cc(OC)ccc1Br. The minimum absolute atomic E-state index is 0.404. The summed E-state index contributed by atoms with van der Waals surface area (Å²) >= 11 is 3.62. The molecule has 0 radical (unpaired) electrons. The molecule has 0 aromatic heterocycles. The van der Waals surface area contributed by atoms with E-state index in [4.69, 9.17) is 4.74 Å². The molecule has 0 aliphatic heterocycles. The smallest absolute Gasteiger partial charge is 0.119 e. The van der Waals surface area contributed by atoms with Gasteiger partial charge in [0.05, 0.1) is 7.11 Å². The van der Waals surface area contributed by atoms with Crippen molar-refractivity contribution in [1.82, 2.24) is 5.32 Å². The molecule has 1 unspecified atom stereocenters. The van der Waals surface area contributed by atoms with Crippen LogP contribution in [0.25, 0.3) is 0 Å². The maximum absolute atomic E-state index is 5.30. The largest absolute Gasteiger partial charge is 0.497 e. The highest BCUT2D eigenvalue weighted by Crippen LogP contribution is 2.24. The summed E-state index contributed by atoms with van der Waals surface area (Å²) < 4.78 is 6.43. The molecule has 2 rings (SSSR count). The first kappa shape index (κ1) is 15.1. The first-order valence-corrected chi connectivity index (χ1v) is 7.56. The van der Waals surface area contributed by atoms with Crippen LogP contribution in [0.5, 0.6) is 5.75 Å². The van der Waals surface area contributed by atoms with Gasteiger partial charge in [-0.1, -0.05) is 46.3 Å². The summed E-state index contributed by atoms with van der Waals surface area (Å²) in [5, 5.41) is 3.40. The quantitative estimate of drug-likeness (QED) is 0.867. The van der Waals surface area contributed by atoms with Crippen LogP contribution in [-0.4, -0.2) is 20.2 Å². The van der Waals surface area contributed by atoms with Gasteiger partial charge in [0.25, 0.3) is 0 Å². The Labute approximate surface area is 129 Å². The molecular weight excluding hydrogens is 314 g/mol. The molecular formula is C17H20BrNO. The molecule has 0 bridgehead atoms. The van der Waals surface area contributed by atoms with Gasteiger partial charge in [-0.2, -0.15) is 0 Å². The van der Waals surface area contributed by atoms with Gasteiger partial charge in [-0.15, -0.1) is 0 Å². The molecule has 0 aliphatic rings. The van der Waals surface area contributed by atoms with Crippen LogP contribution in [0.2, 0.25) is 0 Å². The van der Waals surface area contributed by atoms with E-state index in [1.807, 2.05) is 19.2 Å². The third-order valence-corrected chi connectivity index (χ3v) is 4.23. The van der Waals surface area contributed by atoms with Crippen LogP contribution < -0.4 is 10.1 Å². The Kier molecular flexibility index (Phi) is 5.62. The molecule has 0 aliphatic carbocycles. The second-order valence-corrected chi connectivity index (χ2v) is 5.69. The number of methoxy groups -OCH3 is 1. The van der Waals surface area contributed by atoms with Crippen LogP contribution in [0.1, 0.15) is 11.1 Å². The van der Waals surface area contributed by atoms with Gasteiger partial charge in [-0.25, -0.2) is 0 Å². The first-order chi connectivity index (χ1) is 9.72. The molecule has 2 nitrogen and oxygen atoms in total. The van der Waals surface area contributed by atoms with Crippen molar-refractivity contribution < 1.29 is 4.74 Å². The van der Waals surface area contributed by atoms with Crippen molar-refractivity contribution in [2.24, 2.45) is 0 Å². The average molecular weight is 334 g/mol. The first-order valence-electron chi connectivity index (χ1n) is 6.76. The van der Waals surface area contributed by atoms with Crippen molar-refractivity contribution in [3.05, 3.63) is 64.1 Å². The van der Waals surface area contributed by atoms with Crippen LogP contribution >= 0.6 is 15.9 Å². The van der Waals surface area contributed by atoms with E-state index in [1.165, 1.54) is 11.1 Å². The summed E-state index contributed by atoms with van der Waals surface area (Å²) in [6.45, 7) is 0. The Morgan fingerprint density at radius 3 is 2.50 bits per heavy atom. The zero-order valence-electron chi connectivity index (χ0n) is 11.9. The summed E-state index contributed by atoms with van der Waals surface area (Å²) in [4.78, 5) is 0. The number of likely N-dealkylation sites (N-methyl/N-ethyl adjacent to an activating group) is 1. The van der Waals surface area contributed by atoms with Crippen molar-refractivity contribution in [3.63, 3.8) is 0 Å². The van der Waals surface area contributed by atoms with E-state index in [0.29, 0.717) is 6.04 Å².